The van der Waals surface area contributed by atoms with Gasteiger partial charge in [0.2, 0.25) is 5.91 Å². The number of imidazole rings is 2. The van der Waals surface area contributed by atoms with Gasteiger partial charge in [0, 0.05) is 13.1 Å². The van der Waals surface area contributed by atoms with Crippen LogP contribution in [0.25, 0.3) is 33.2 Å². The summed E-state index contributed by atoms with van der Waals surface area (Å²) in [5, 5.41) is 5.41. The van der Waals surface area contributed by atoms with Crippen LogP contribution < -0.4 is 10.6 Å². The van der Waals surface area contributed by atoms with Crippen molar-refractivity contribution in [2.24, 2.45) is 5.92 Å². The van der Waals surface area contributed by atoms with Crippen molar-refractivity contribution in [3.63, 3.8) is 0 Å². The van der Waals surface area contributed by atoms with Crippen LogP contribution >= 0.6 is 0 Å². The summed E-state index contributed by atoms with van der Waals surface area (Å²) in [4.78, 5) is 72.2. The fourth-order valence-corrected chi connectivity index (χ4v) is 7.51. The second-order valence-corrected chi connectivity index (χ2v) is 13.9. The molecule has 4 atom stereocenters. The van der Waals surface area contributed by atoms with E-state index in [1.54, 1.807) is 9.80 Å². The van der Waals surface area contributed by atoms with Gasteiger partial charge in [-0.1, -0.05) is 56.3 Å². The number of carbonyl (C=O) groups excluding carboxylic acids is 4. The minimum atomic E-state index is -0.893. The van der Waals surface area contributed by atoms with Gasteiger partial charge < -0.3 is 39.9 Å². The normalized spacial score (nSPS) is 18.4. The maximum absolute atomic E-state index is 14.0. The number of nitrogens with one attached hydrogen (secondary N) is 4. The van der Waals surface area contributed by atoms with E-state index < -0.39 is 24.3 Å². The molecule has 2 saturated heterocycles. The Morgan fingerprint density at radius 2 is 1.23 bits per heavy atom. The summed E-state index contributed by atoms with van der Waals surface area (Å²) >= 11 is 0. The lowest BCUT2D eigenvalue weighted by molar-refractivity contribution is -0.135. The van der Waals surface area contributed by atoms with Gasteiger partial charge in [-0.15, -0.1) is 0 Å². The lowest BCUT2D eigenvalue weighted by Gasteiger charge is -2.29. The van der Waals surface area contributed by atoms with E-state index in [0.29, 0.717) is 30.3 Å². The molecule has 0 unspecified atom stereocenters. The number of hydrogen-bond acceptors (Lipinski definition) is 8. The first kappa shape index (κ1) is 35.5. The van der Waals surface area contributed by atoms with Crippen LogP contribution in [0.15, 0.2) is 66.7 Å². The highest BCUT2D eigenvalue weighted by atomic mass is 16.5. The number of alkyl carbamates (subject to hydrolysis) is 2. The molecule has 2 aliphatic rings. The summed E-state index contributed by atoms with van der Waals surface area (Å²) in [6.45, 7) is 4.91. The largest absolute Gasteiger partial charge is 0.453 e. The molecule has 2 aliphatic heterocycles. The smallest absolute Gasteiger partial charge is 0.407 e. The average Bonchev–Trinajstić information content (AvgIpc) is 4.00. The van der Waals surface area contributed by atoms with Crippen LogP contribution in [0, 0.1) is 5.92 Å². The summed E-state index contributed by atoms with van der Waals surface area (Å²) in [5.74, 6) is 0.908. The van der Waals surface area contributed by atoms with Crippen LogP contribution in [0.2, 0.25) is 0 Å². The standard InChI is InChI=1S/C39H44N8O6/c1-22(2)32(44-38(50)52-3)36(48)46-18-8-12-30(46)34-40-26-16-14-24(20-28(26)42-34)25-15-17-27-29(21-25)43-35(41-27)31-13-9-19-47(31)37(49)33(45-39(51)53-4)23-10-6-5-7-11-23/h5-7,10-11,14-17,20-22,30-33H,8-9,12-13,18-19H2,1-4H3,(H,40,42)(H,41,43)(H,44,50)(H,45,51)/t30-,31-,32-,33+/m0/s1. The molecule has 0 spiro atoms. The van der Waals surface area contributed by atoms with Crippen LogP contribution in [0.5, 0.6) is 0 Å². The number of hydrogen-bond donors (Lipinski definition) is 4. The number of rotatable bonds is 9. The Morgan fingerprint density at radius 1 is 0.717 bits per heavy atom. The third-order valence-electron chi connectivity index (χ3n) is 10.3. The van der Waals surface area contributed by atoms with E-state index in [-0.39, 0.29) is 29.8 Å². The van der Waals surface area contributed by atoms with Gasteiger partial charge in [0.1, 0.15) is 23.7 Å². The van der Waals surface area contributed by atoms with Gasteiger partial charge >= 0.3 is 12.2 Å². The average molecular weight is 721 g/mol. The number of benzene rings is 3. The minimum Gasteiger partial charge on any atom is -0.453 e. The Morgan fingerprint density at radius 3 is 1.74 bits per heavy atom. The monoisotopic (exact) mass is 720 g/mol. The number of aromatic amines is 2. The van der Waals surface area contributed by atoms with Crippen molar-refractivity contribution >= 4 is 46.1 Å². The summed E-state index contributed by atoms with van der Waals surface area (Å²) in [5.41, 5.74) is 5.85. The zero-order valence-corrected chi connectivity index (χ0v) is 30.2. The molecule has 7 rings (SSSR count). The molecule has 14 nitrogen and oxygen atoms in total. The zero-order chi connectivity index (χ0) is 37.2. The first-order valence-corrected chi connectivity index (χ1v) is 18.0. The first-order chi connectivity index (χ1) is 25.6. The number of nitrogens with zero attached hydrogens (tertiary/aromatic N) is 4. The van der Waals surface area contributed by atoms with Crippen molar-refractivity contribution < 1.29 is 28.7 Å². The molecule has 2 fully saturated rings. The number of likely N-dealkylation sites (tertiary alicyclic amines) is 2. The molecule has 4 N–H and O–H groups in total. The van der Waals surface area contributed by atoms with Crippen molar-refractivity contribution in [3.05, 3.63) is 83.9 Å². The lowest BCUT2D eigenvalue weighted by Crippen LogP contribution is -2.51. The van der Waals surface area contributed by atoms with Crippen molar-refractivity contribution in [1.82, 2.24) is 40.4 Å². The molecule has 0 saturated carbocycles. The van der Waals surface area contributed by atoms with Crippen LogP contribution in [0.1, 0.15) is 74.9 Å². The highest BCUT2D eigenvalue weighted by molar-refractivity contribution is 5.89. The number of fused-ring (bicyclic) bond motifs is 2. The molecule has 5 aromatic rings. The van der Waals surface area contributed by atoms with Gasteiger partial charge in [-0.05, 0) is 72.6 Å². The topological polar surface area (TPSA) is 175 Å². The van der Waals surface area contributed by atoms with E-state index in [1.165, 1.54) is 14.2 Å². The quantitative estimate of drug-likeness (QED) is 0.145. The van der Waals surface area contributed by atoms with Gasteiger partial charge in [0.25, 0.3) is 5.91 Å². The Hall–Kier alpha value is -5.92. The maximum atomic E-state index is 14.0. The lowest BCUT2D eigenvalue weighted by atomic mass is 10.0. The van der Waals surface area contributed by atoms with Crippen LogP contribution in [-0.2, 0) is 19.1 Å². The number of aromatic nitrogens is 4. The second kappa shape index (κ2) is 15.0. The molecule has 0 bridgehead atoms. The zero-order valence-electron chi connectivity index (χ0n) is 30.2. The van der Waals surface area contributed by atoms with Gasteiger partial charge in [-0.2, -0.15) is 0 Å². The van der Waals surface area contributed by atoms with Gasteiger partial charge in [0.05, 0.1) is 48.4 Å². The fourth-order valence-electron chi connectivity index (χ4n) is 7.51. The Bertz CT molecular complexity index is 2150. The molecule has 4 amide bonds. The van der Waals surface area contributed by atoms with E-state index in [2.05, 4.69) is 20.6 Å². The Kier molecular flexibility index (Phi) is 10.0. The molecule has 0 aliphatic carbocycles. The third-order valence-corrected chi connectivity index (χ3v) is 10.3. The summed E-state index contributed by atoms with van der Waals surface area (Å²) in [6, 6.07) is 19.1. The molecule has 0 radical (unpaired) electrons. The van der Waals surface area contributed by atoms with E-state index in [9.17, 15) is 19.2 Å². The molecule has 3 aromatic carbocycles. The van der Waals surface area contributed by atoms with E-state index in [4.69, 9.17) is 19.4 Å². The molecule has 4 heterocycles. The predicted molar refractivity (Wildman–Crippen MR) is 197 cm³/mol. The fraction of sp³-hybridized carbons (Fsp3) is 0.385. The van der Waals surface area contributed by atoms with E-state index in [0.717, 1.165) is 58.9 Å². The van der Waals surface area contributed by atoms with E-state index in [1.807, 2.05) is 80.6 Å². The van der Waals surface area contributed by atoms with Crippen molar-refractivity contribution in [1.29, 1.82) is 0 Å². The van der Waals surface area contributed by atoms with Gasteiger partial charge in [0.15, 0.2) is 0 Å². The number of carbonyl (C=O) groups is 4. The maximum Gasteiger partial charge on any atom is 0.407 e. The second-order valence-electron chi connectivity index (χ2n) is 13.9. The van der Waals surface area contributed by atoms with Crippen LogP contribution in [0.3, 0.4) is 0 Å². The molecule has 14 heteroatoms. The van der Waals surface area contributed by atoms with Crippen molar-refractivity contribution in [2.75, 3.05) is 27.3 Å². The summed E-state index contributed by atoms with van der Waals surface area (Å²) < 4.78 is 9.59. The molecule has 53 heavy (non-hydrogen) atoms. The molecule has 2 aromatic heterocycles. The molecular weight excluding hydrogens is 676 g/mol. The third kappa shape index (κ3) is 7.13. The Balaban J connectivity index is 1.11. The molecular formula is C39H44N8O6. The van der Waals surface area contributed by atoms with E-state index >= 15 is 0 Å². The highest BCUT2D eigenvalue weighted by Gasteiger charge is 2.39. The van der Waals surface area contributed by atoms with Crippen molar-refractivity contribution in [2.45, 2.75) is 63.7 Å². The highest BCUT2D eigenvalue weighted by Crippen LogP contribution is 2.36. The van der Waals surface area contributed by atoms with Gasteiger partial charge in [-0.3, -0.25) is 9.59 Å². The number of ether oxygens (including phenoxy) is 2. The molecule has 276 valence electrons. The van der Waals surface area contributed by atoms with Crippen LogP contribution in [0.4, 0.5) is 9.59 Å². The predicted octanol–water partition coefficient (Wildman–Crippen LogP) is 5.91. The van der Waals surface area contributed by atoms with Crippen molar-refractivity contribution in [3.8, 4) is 11.1 Å². The number of methoxy groups -OCH3 is 2. The summed E-state index contributed by atoms with van der Waals surface area (Å²) in [6.07, 6.45) is 1.82. The first-order valence-electron chi connectivity index (χ1n) is 18.0. The SMILES string of the molecule is COC(=O)N[C@H](C(=O)N1CCC[C@H]1c1nc2cc(-c3ccc4[nH]c([C@@H]5CCCN5C(=O)[C@H](NC(=O)OC)c5ccccc5)nc4c3)ccc2[nH]1)C(C)C. The van der Waals surface area contributed by atoms with Gasteiger partial charge in [-0.25, -0.2) is 19.6 Å². The van der Waals surface area contributed by atoms with Crippen LogP contribution in [-0.4, -0.2) is 87.1 Å². The number of amides is 4. The summed E-state index contributed by atoms with van der Waals surface area (Å²) in [7, 11) is 2.56. The number of H-pyrrole nitrogens is 2. The minimum absolute atomic E-state index is 0.120. The Labute approximate surface area is 306 Å².